The molecular weight excluding hydrogens is 486 g/mol. The van der Waals surface area contributed by atoms with E-state index in [2.05, 4.69) is 20.5 Å². The predicted octanol–water partition coefficient (Wildman–Crippen LogP) is 3.17. The van der Waals surface area contributed by atoms with Gasteiger partial charge in [0.1, 0.15) is 18.1 Å². The molecule has 0 radical (unpaired) electrons. The summed E-state index contributed by atoms with van der Waals surface area (Å²) in [6.45, 7) is 2.99. The molecule has 0 spiro atoms. The standard InChI is InChI=1S/C20H18B2Cl2FN5O4/c1-11(17-13(23)3-4-14(25)18(17)24)34-16-9-15(20(32)27-12-5-7-26-8-6-12)28-29-19(16)30(21-10-31)22(2)33/h3-11,21,33H,1-2H3,(H,26,27,32). The number of ether oxygens (including phenoxy) is 1. The largest absolute Gasteiger partial charge is 0.482 e. The SMILES string of the molecule is CB(O)N(BC=O)c1nnc(C(=O)Nc2ccncc2)cc1OC(C)c1c(Cl)ccc(F)c1Cl. The lowest BCUT2D eigenvalue weighted by Gasteiger charge is -2.26. The summed E-state index contributed by atoms with van der Waals surface area (Å²) in [7, 11) is -1.38. The summed E-state index contributed by atoms with van der Waals surface area (Å²) in [6, 6.07) is 6.93. The molecule has 2 heterocycles. The van der Waals surface area contributed by atoms with Crippen LogP contribution in [0.1, 0.15) is 29.1 Å². The van der Waals surface area contributed by atoms with Gasteiger partial charge in [0.2, 0.25) is 0 Å². The number of carbonyl (C=O) groups excluding carboxylic acids is 2. The Kier molecular flexibility index (Phi) is 8.43. The quantitative estimate of drug-likeness (QED) is 0.260. The normalized spacial score (nSPS) is 11.4. The summed E-state index contributed by atoms with van der Waals surface area (Å²) < 4.78 is 21.2. The van der Waals surface area contributed by atoms with Gasteiger partial charge in [-0.3, -0.25) is 9.78 Å². The van der Waals surface area contributed by atoms with E-state index in [9.17, 15) is 19.0 Å². The van der Waals surface area contributed by atoms with Gasteiger partial charge in [-0.15, -0.1) is 10.2 Å². The van der Waals surface area contributed by atoms with E-state index in [4.69, 9.17) is 27.9 Å². The van der Waals surface area contributed by atoms with Gasteiger partial charge in [0, 0.05) is 34.7 Å². The van der Waals surface area contributed by atoms with Gasteiger partial charge in [-0.05, 0) is 38.0 Å². The minimum Gasteiger partial charge on any atom is -0.482 e. The first-order valence-electron chi connectivity index (χ1n) is 10.0. The number of hydrogen-bond acceptors (Lipinski definition) is 8. The molecule has 0 aliphatic carbocycles. The van der Waals surface area contributed by atoms with Crippen molar-refractivity contribution in [2.75, 3.05) is 10.0 Å². The average Bonchev–Trinajstić information content (AvgIpc) is 2.81. The highest BCUT2D eigenvalue weighted by Gasteiger charge is 2.27. The van der Waals surface area contributed by atoms with Crippen LogP contribution in [0, 0.1) is 5.82 Å². The van der Waals surface area contributed by atoms with Crippen LogP contribution in [0.25, 0.3) is 0 Å². The summed E-state index contributed by atoms with van der Waals surface area (Å²) in [5, 5.41) is 20.6. The fourth-order valence-corrected chi connectivity index (χ4v) is 3.73. The number of benzene rings is 1. The first kappa shape index (κ1) is 25.4. The fourth-order valence-electron chi connectivity index (χ4n) is 3.06. The summed E-state index contributed by atoms with van der Waals surface area (Å²) in [5.41, 5.74) is 0.537. The zero-order chi connectivity index (χ0) is 24.8. The van der Waals surface area contributed by atoms with Crippen LogP contribution in [0.15, 0.2) is 42.7 Å². The molecular formula is C20H18B2Cl2FN5O4. The second-order valence-electron chi connectivity index (χ2n) is 7.08. The highest BCUT2D eigenvalue weighted by Crippen LogP contribution is 2.37. The second-order valence-corrected chi connectivity index (χ2v) is 7.86. The second kappa shape index (κ2) is 11.3. The minimum absolute atomic E-state index is 0.0125. The Morgan fingerprint density at radius 2 is 2.00 bits per heavy atom. The molecule has 0 fully saturated rings. The Morgan fingerprint density at radius 1 is 1.29 bits per heavy atom. The van der Waals surface area contributed by atoms with Crippen molar-refractivity contribution in [2.24, 2.45) is 0 Å². The number of nitrogens with one attached hydrogen (secondary N) is 1. The zero-order valence-electron chi connectivity index (χ0n) is 18.1. The minimum atomic E-state index is -1.14. The maximum atomic E-state index is 14.0. The summed E-state index contributed by atoms with van der Waals surface area (Å²) >= 11 is 12.3. The van der Waals surface area contributed by atoms with Gasteiger partial charge in [0.25, 0.3) is 5.91 Å². The van der Waals surface area contributed by atoms with Crippen LogP contribution in [0.5, 0.6) is 5.75 Å². The number of halogens is 3. The molecule has 0 saturated carbocycles. The lowest BCUT2D eigenvalue weighted by Crippen LogP contribution is -2.42. The Labute approximate surface area is 205 Å². The van der Waals surface area contributed by atoms with Crippen molar-refractivity contribution in [1.82, 2.24) is 15.2 Å². The molecule has 3 rings (SSSR count). The monoisotopic (exact) mass is 503 g/mol. The molecule has 9 nitrogen and oxygen atoms in total. The molecule has 1 unspecified atom stereocenters. The lowest BCUT2D eigenvalue weighted by molar-refractivity contribution is 0.102. The molecule has 0 bridgehead atoms. The van der Waals surface area contributed by atoms with Crippen LogP contribution in [-0.2, 0) is 4.79 Å². The van der Waals surface area contributed by atoms with Crippen LogP contribution < -0.4 is 14.8 Å². The Balaban J connectivity index is 2.02. The molecule has 1 atom stereocenters. The smallest absolute Gasteiger partial charge is 0.397 e. The van der Waals surface area contributed by atoms with Crippen LogP contribution in [0.4, 0.5) is 15.9 Å². The molecule has 2 N–H and O–H groups in total. The third kappa shape index (κ3) is 5.82. The van der Waals surface area contributed by atoms with Gasteiger partial charge in [0.05, 0.1) is 5.02 Å². The zero-order valence-corrected chi connectivity index (χ0v) is 19.6. The fraction of sp³-hybridized carbons (Fsp3) is 0.150. The molecule has 1 amide bonds. The Bertz CT molecular complexity index is 1190. The lowest BCUT2D eigenvalue weighted by atomic mass is 9.73. The van der Waals surface area contributed by atoms with Crippen molar-refractivity contribution in [2.45, 2.75) is 19.9 Å². The number of aromatic nitrogens is 3. The van der Waals surface area contributed by atoms with E-state index in [1.807, 2.05) is 0 Å². The first-order chi connectivity index (χ1) is 16.2. The van der Waals surface area contributed by atoms with Crippen molar-refractivity contribution in [1.29, 1.82) is 0 Å². The van der Waals surface area contributed by atoms with Crippen molar-refractivity contribution >= 4 is 61.3 Å². The molecule has 174 valence electrons. The average molecular weight is 504 g/mol. The predicted molar refractivity (Wildman–Crippen MR) is 130 cm³/mol. The van der Waals surface area contributed by atoms with Crippen LogP contribution in [0.3, 0.4) is 0 Å². The van der Waals surface area contributed by atoms with E-state index in [0.29, 0.717) is 11.9 Å². The van der Waals surface area contributed by atoms with E-state index in [1.165, 1.54) is 36.1 Å². The van der Waals surface area contributed by atoms with Gasteiger partial charge in [0.15, 0.2) is 17.3 Å². The number of rotatable bonds is 9. The van der Waals surface area contributed by atoms with Crippen molar-refractivity contribution in [3.63, 3.8) is 0 Å². The van der Waals surface area contributed by atoms with Gasteiger partial charge < -0.3 is 24.6 Å². The van der Waals surface area contributed by atoms with E-state index >= 15 is 0 Å². The molecule has 14 heteroatoms. The number of nitrogens with zero attached hydrogens (tertiary/aromatic N) is 4. The van der Waals surface area contributed by atoms with Crippen molar-refractivity contribution < 1.29 is 23.7 Å². The molecule has 1 aromatic carbocycles. The molecule has 34 heavy (non-hydrogen) atoms. The number of carbonyl (C=O) groups is 2. The number of pyridine rings is 1. The Morgan fingerprint density at radius 3 is 2.65 bits per heavy atom. The molecule has 2 aromatic heterocycles. The van der Waals surface area contributed by atoms with Crippen molar-refractivity contribution in [3.05, 3.63) is 69.8 Å². The number of hydrogen-bond donors (Lipinski definition) is 2. The highest BCUT2D eigenvalue weighted by atomic mass is 35.5. The molecule has 0 aliphatic heterocycles. The summed E-state index contributed by atoms with van der Waals surface area (Å²) in [5.74, 6) is -1.31. The Hall–Kier alpha value is -3.21. The third-order valence-electron chi connectivity index (χ3n) is 4.70. The molecule has 3 aromatic rings. The number of amides is 1. The van der Waals surface area contributed by atoms with E-state index in [-0.39, 0.29) is 40.3 Å². The van der Waals surface area contributed by atoms with Gasteiger partial charge >= 0.3 is 14.5 Å². The van der Waals surface area contributed by atoms with Gasteiger partial charge in [-0.25, -0.2) is 4.39 Å². The van der Waals surface area contributed by atoms with E-state index in [0.717, 1.165) is 6.07 Å². The topological polar surface area (TPSA) is 118 Å². The van der Waals surface area contributed by atoms with E-state index < -0.39 is 24.9 Å². The maximum Gasteiger partial charge on any atom is 0.397 e. The van der Waals surface area contributed by atoms with E-state index in [1.54, 1.807) is 19.1 Å². The molecule has 0 aliphatic rings. The van der Waals surface area contributed by atoms with Crippen LogP contribution >= 0.6 is 23.2 Å². The third-order valence-corrected chi connectivity index (χ3v) is 5.41. The van der Waals surface area contributed by atoms with Crippen LogP contribution in [0.2, 0.25) is 16.9 Å². The van der Waals surface area contributed by atoms with Gasteiger partial charge in [-0.2, -0.15) is 0 Å². The highest BCUT2D eigenvalue weighted by molar-refractivity contribution is 6.82. The number of anilines is 2. The summed E-state index contributed by atoms with van der Waals surface area (Å²) in [6.07, 6.45) is 2.67. The maximum absolute atomic E-state index is 14.0. The van der Waals surface area contributed by atoms with Crippen molar-refractivity contribution in [3.8, 4) is 5.75 Å². The van der Waals surface area contributed by atoms with Crippen LogP contribution in [-0.4, -0.2) is 46.8 Å². The van der Waals surface area contributed by atoms with Gasteiger partial charge in [-0.1, -0.05) is 23.2 Å². The summed E-state index contributed by atoms with van der Waals surface area (Å²) in [4.78, 5) is 27.8. The first-order valence-corrected chi connectivity index (χ1v) is 10.8. The molecule has 0 saturated heterocycles.